The lowest BCUT2D eigenvalue weighted by molar-refractivity contribution is -0.141. The number of benzene rings is 1. The number of esters is 1. The molecule has 0 radical (unpaired) electrons. The summed E-state index contributed by atoms with van der Waals surface area (Å²) in [6.07, 6.45) is -0.125. The van der Waals surface area contributed by atoms with E-state index in [9.17, 15) is 4.79 Å². The van der Waals surface area contributed by atoms with Crippen molar-refractivity contribution in [1.29, 1.82) is 0 Å². The van der Waals surface area contributed by atoms with E-state index in [0.29, 0.717) is 0 Å². The molecule has 1 aliphatic rings. The lowest BCUT2D eigenvalue weighted by Gasteiger charge is -2.15. The van der Waals surface area contributed by atoms with Crippen LogP contribution in [0.3, 0.4) is 0 Å². The van der Waals surface area contributed by atoms with E-state index in [2.05, 4.69) is 0 Å². The van der Waals surface area contributed by atoms with Gasteiger partial charge in [0.15, 0.2) is 0 Å². The predicted molar refractivity (Wildman–Crippen MR) is 52.7 cm³/mol. The maximum atomic E-state index is 11.2. The van der Waals surface area contributed by atoms with Gasteiger partial charge in [-0.25, -0.2) is 0 Å². The predicted octanol–water partition coefficient (Wildman–Crippen LogP) is 1.04. The van der Waals surface area contributed by atoms with E-state index in [1.165, 1.54) is 0 Å². The van der Waals surface area contributed by atoms with Gasteiger partial charge in [0.05, 0.1) is 0 Å². The largest absolute Gasteiger partial charge is 0.461 e. The molecule has 0 aliphatic carbocycles. The van der Waals surface area contributed by atoms with E-state index < -0.39 is 6.04 Å². The molecule has 1 heterocycles. The molecule has 0 amide bonds. The second-order valence-corrected chi connectivity index (χ2v) is 3.60. The highest BCUT2D eigenvalue weighted by atomic mass is 16.6. The molecular weight excluding hydrogens is 178 g/mol. The van der Waals surface area contributed by atoms with Crippen LogP contribution in [-0.4, -0.2) is 18.1 Å². The summed E-state index contributed by atoms with van der Waals surface area (Å²) in [4.78, 5) is 11.2. The normalized spacial score (nSPS) is 31.6. The quantitative estimate of drug-likeness (QED) is 0.675. The van der Waals surface area contributed by atoms with Crippen LogP contribution in [0.5, 0.6) is 0 Å². The van der Waals surface area contributed by atoms with Crippen molar-refractivity contribution in [3.8, 4) is 0 Å². The Hall–Kier alpha value is -1.35. The Kier molecular flexibility index (Phi) is 2.25. The van der Waals surface area contributed by atoms with Gasteiger partial charge in [-0.2, -0.15) is 0 Å². The summed E-state index contributed by atoms with van der Waals surface area (Å²) in [5.74, 6) is -0.310. The molecular formula is C11H13NO2. The van der Waals surface area contributed by atoms with Crippen molar-refractivity contribution in [3.63, 3.8) is 0 Å². The summed E-state index contributed by atoms with van der Waals surface area (Å²) < 4.78 is 5.08. The molecule has 3 nitrogen and oxygen atoms in total. The highest BCUT2D eigenvalue weighted by Crippen LogP contribution is 2.30. The topological polar surface area (TPSA) is 52.3 Å². The molecule has 1 saturated heterocycles. The Bertz CT molecular complexity index is 336. The lowest BCUT2D eigenvalue weighted by Crippen LogP contribution is -2.31. The van der Waals surface area contributed by atoms with Crippen molar-refractivity contribution < 1.29 is 9.53 Å². The zero-order valence-electron chi connectivity index (χ0n) is 8.01. The second kappa shape index (κ2) is 3.42. The van der Waals surface area contributed by atoms with Crippen LogP contribution in [0.15, 0.2) is 30.3 Å². The minimum atomic E-state index is -0.521. The molecule has 2 rings (SSSR count). The Labute approximate surface area is 82.9 Å². The Balaban J connectivity index is 2.31. The zero-order valence-corrected chi connectivity index (χ0v) is 8.01. The second-order valence-electron chi connectivity index (χ2n) is 3.60. The molecule has 1 fully saturated rings. The standard InChI is InChI=1S/C11H13NO2/c1-7-9(10(12)11(13)14-7)8-5-3-2-4-6-8/h2-7,9-10H,12H2,1H3/t7-,9-,10+/m1/s1. The van der Waals surface area contributed by atoms with E-state index in [1.807, 2.05) is 37.3 Å². The molecule has 2 N–H and O–H groups in total. The first-order valence-corrected chi connectivity index (χ1v) is 4.71. The molecule has 74 valence electrons. The van der Waals surface area contributed by atoms with Gasteiger partial charge in [-0.3, -0.25) is 4.79 Å². The first-order valence-electron chi connectivity index (χ1n) is 4.71. The number of hydrogen-bond donors (Lipinski definition) is 1. The summed E-state index contributed by atoms with van der Waals surface area (Å²) in [6, 6.07) is 9.26. The van der Waals surface area contributed by atoms with Crippen LogP contribution in [0.4, 0.5) is 0 Å². The summed E-state index contributed by atoms with van der Waals surface area (Å²) in [7, 11) is 0. The molecule has 0 unspecified atom stereocenters. The van der Waals surface area contributed by atoms with Crippen molar-refractivity contribution in [2.45, 2.75) is 25.0 Å². The fourth-order valence-corrected chi connectivity index (χ4v) is 1.93. The van der Waals surface area contributed by atoms with Gasteiger partial charge >= 0.3 is 5.97 Å². The molecule has 1 aromatic rings. The first kappa shape index (κ1) is 9.21. The van der Waals surface area contributed by atoms with E-state index >= 15 is 0 Å². The minimum Gasteiger partial charge on any atom is -0.461 e. The van der Waals surface area contributed by atoms with E-state index in [4.69, 9.17) is 10.5 Å². The summed E-state index contributed by atoms with van der Waals surface area (Å²) in [5.41, 5.74) is 6.84. The third-order valence-electron chi connectivity index (χ3n) is 2.65. The van der Waals surface area contributed by atoms with Gasteiger partial charge in [0.1, 0.15) is 12.1 Å². The molecule has 3 atom stereocenters. The number of hydrogen-bond acceptors (Lipinski definition) is 3. The van der Waals surface area contributed by atoms with Crippen LogP contribution in [0.25, 0.3) is 0 Å². The van der Waals surface area contributed by atoms with Gasteiger partial charge in [-0.05, 0) is 12.5 Å². The van der Waals surface area contributed by atoms with E-state index in [0.717, 1.165) is 5.56 Å². The van der Waals surface area contributed by atoms with Gasteiger partial charge in [-0.1, -0.05) is 30.3 Å². The third kappa shape index (κ3) is 1.40. The smallest absolute Gasteiger partial charge is 0.323 e. The van der Waals surface area contributed by atoms with Crippen LogP contribution >= 0.6 is 0 Å². The van der Waals surface area contributed by atoms with Gasteiger partial charge in [0.25, 0.3) is 0 Å². The summed E-state index contributed by atoms with van der Waals surface area (Å²) in [6.45, 7) is 1.88. The average Bonchev–Trinajstić information content (AvgIpc) is 2.43. The fraction of sp³-hybridized carbons (Fsp3) is 0.364. The Morgan fingerprint density at radius 2 is 1.93 bits per heavy atom. The SMILES string of the molecule is C[C@H]1OC(=O)[C@@H](N)[C@H]1c1ccccc1. The van der Waals surface area contributed by atoms with Gasteiger partial charge in [-0.15, -0.1) is 0 Å². The van der Waals surface area contributed by atoms with E-state index in [-0.39, 0.29) is 18.0 Å². The number of carbonyl (C=O) groups is 1. The van der Waals surface area contributed by atoms with Gasteiger partial charge in [0, 0.05) is 5.92 Å². The highest BCUT2D eigenvalue weighted by Gasteiger charge is 2.40. The Morgan fingerprint density at radius 3 is 2.43 bits per heavy atom. The van der Waals surface area contributed by atoms with Crippen molar-refractivity contribution >= 4 is 5.97 Å². The fourth-order valence-electron chi connectivity index (χ4n) is 1.93. The molecule has 1 aromatic carbocycles. The van der Waals surface area contributed by atoms with Gasteiger partial charge < -0.3 is 10.5 Å². The van der Waals surface area contributed by atoms with Crippen LogP contribution in [0, 0.1) is 0 Å². The number of carbonyl (C=O) groups excluding carboxylic acids is 1. The highest BCUT2D eigenvalue weighted by molar-refractivity contribution is 5.79. The van der Waals surface area contributed by atoms with Crippen molar-refractivity contribution in [1.82, 2.24) is 0 Å². The summed E-state index contributed by atoms with van der Waals surface area (Å²) in [5, 5.41) is 0. The number of ether oxygens (including phenoxy) is 1. The molecule has 0 bridgehead atoms. The van der Waals surface area contributed by atoms with Crippen LogP contribution in [0.1, 0.15) is 18.4 Å². The van der Waals surface area contributed by atoms with Crippen LogP contribution in [-0.2, 0) is 9.53 Å². The molecule has 3 heteroatoms. The molecule has 0 saturated carbocycles. The first-order chi connectivity index (χ1) is 6.70. The minimum absolute atomic E-state index is 0.0105. The zero-order chi connectivity index (χ0) is 10.1. The molecule has 14 heavy (non-hydrogen) atoms. The monoisotopic (exact) mass is 191 g/mol. The number of nitrogens with two attached hydrogens (primary N) is 1. The van der Waals surface area contributed by atoms with E-state index in [1.54, 1.807) is 0 Å². The Morgan fingerprint density at radius 1 is 1.29 bits per heavy atom. The molecule has 0 aromatic heterocycles. The number of rotatable bonds is 1. The van der Waals surface area contributed by atoms with Gasteiger partial charge in [0.2, 0.25) is 0 Å². The number of cyclic esters (lactones) is 1. The van der Waals surface area contributed by atoms with Crippen molar-refractivity contribution in [3.05, 3.63) is 35.9 Å². The van der Waals surface area contributed by atoms with Crippen LogP contribution in [0.2, 0.25) is 0 Å². The van der Waals surface area contributed by atoms with Crippen molar-refractivity contribution in [2.24, 2.45) is 5.73 Å². The maximum Gasteiger partial charge on any atom is 0.323 e. The third-order valence-corrected chi connectivity index (χ3v) is 2.65. The average molecular weight is 191 g/mol. The maximum absolute atomic E-state index is 11.2. The summed E-state index contributed by atoms with van der Waals surface area (Å²) >= 11 is 0. The molecule has 1 aliphatic heterocycles. The van der Waals surface area contributed by atoms with Crippen LogP contribution < -0.4 is 5.73 Å². The molecule has 0 spiro atoms. The van der Waals surface area contributed by atoms with Crippen molar-refractivity contribution in [2.75, 3.05) is 0 Å². The lowest BCUT2D eigenvalue weighted by atomic mass is 9.90.